The van der Waals surface area contributed by atoms with E-state index in [2.05, 4.69) is 4.98 Å². The lowest BCUT2D eigenvalue weighted by Gasteiger charge is -2.21. The van der Waals surface area contributed by atoms with E-state index in [1.165, 1.54) is 0 Å². The molecule has 0 unspecified atom stereocenters. The summed E-state index contributed by atoms with van der Waals surface area (Å²) in [7, 11) is 0. The molecule has 0 aromatic carbocycles. The molecule has 0 saturated heterocycles. The van der Waals surface area contributed by atoms with Gasteiger partial charge in [0.25, 0.3) is 0 Å². The molecule has 1 aromatic heterocycles. The normalized spacial score (nSPS) is 14.9. The minimum absolute atomic E-state index is 0.225. The van der Waals surface area contributed by atoms with E-state index < -0.39 is 5.60 Å². The maximum absolute atomic E-state index is 12.6. The molecule has 2 rings (SSSR count). The molecule has 1 fully saturated rings. The van der Waals surface area contributed by atoms with E-state index in [-0.39, 0.29) is 12.6 Å². The smallest absolute Gasteiger partial charge is 0.340 e. The van der Waals surface area contributed by atoms with Crippen LogP contribution in [-0.2, 0) is 11.2 Å². The Balaban J connectivity index is 2.20. The van der Waals surface area contributed by atoms with Crippen molar-refractivity contribution in [3.63, 3.8) is 0 Å². The molecule has 1 aromatic rings. The molecule has 1 saturated carbocycles. The van der Waals surface area contributed by atoms with Gasteiger partial charge in [-0.25, -0.2) is 4.79 Å². The minimum atomic E-state index is -0.498. The summed E-state index contributed by atoms with van der Waals surface area (Å²) in [4.78, 5) is 17.1. The van der Waals surface area contributed by atoms with Crippen molar-refractivity contribution < 1.29 is 14.6 Å². The molecule has 1 aliphatic carbocycles. The molecular weight excluding hydrogens is 278 g/mol. The van der Waals surface area contributed by atoms with E-state index >= 15 is 0 Å². The molecule has 0 bridgehead atoms. The molecule has 1 N–H and O–H groups in total. The van der Waals surface area contributed by atoms with Crippen LogP contribution < -0.4 is 0 Å². The van der Waals surface area contributed by atoms with Gasteiger partial charge in [0.2, 0.25) is 0 Å². The van der Waals surface area contributed by atoms with Crippen LogP contribution in [0.15, 0.2) is 12.3 Å². The van der Waals surface area contributed by atoms with E-state index in [1.807, 2.05) is 33.0 Å². The number of aromatic nitrogens is 1. The number of aryl methyl sites for hydroxylation is 1. The molecule has 0 radical (unpaired) electrons. The van der Waals surface area contributed by atoms with Crippen molar-refractivity contribution in [1.29, 1.82) is 0 Å². The molecule has 122 valence electrons. The summed E-state index contributed by atoms with van der Waals surface area (Å²) in [6, 6.07) is 1.93. The number of aliphatic hydroxyl groups is 1. The van der Waals surface area contributed by atoms with Gasteiger partial charge in [-0.1, -0.05) is 6.42 Å². The highest BCUT2D eigenvalue weighted by atomic mass is 16.6. The van der Waals surface area contributed by atoms with Crippen LogP contribution in [-0.4, -0.2) is 28.3 Å². The summed E-state index contributed by atoms with van der Waals surface area (Å²) in [6.45, 7) is 5.89. The van der Waals surface area contributed by atoms with Crippen LogP contribution in [0.25, 0.3) is 0 Å². The summed E-state index contributed by atoms with van der Waals surface area (Å²) in [6.07, 6.45) is 7.59. The van der Waals surface area contributed by atoms with Crippen LogP contribution in [0.1, 0.15) is 80.4 Å². The van der Waals surface area contributed by atoms with Gasteiger partial charge in [0.15, 0.2) is 0 Å². The Morgan fingerprint density at radius 3 is 2.64 bits per heavy atom. The maximum Gasteiger partial charge on any atom is 0.340 e. The van der Waals surface area contributed by atoms with E-state index in [9.17, 15) is 4.79 Å². The van der Waals surface area contributed by atoms with E-state index in [1.54, 1.807) is 0 Å². The molecule has 4 heteroatoms. The number of rotatable bonds is 7. The standard InChI is InChI=1S/C18H27NO3/c1-18(2,3)22-17(21)15-13(7-5-4-6-12-20)10-11-19-16(15)14-8-9-14/h10-11,14,20H,4-9,12H2,1-3H3. The predicted octanol–water partition coefficient (Wildman–Crippen LogP) is 3.62. The fraction of sp³-hybridized carbons (Fsp3) is 0.667. The number of nitrogens with zero attached hydrogens (tertiary/aromatic N) is 1. The highest BCUT2D eigenvalue weighted by molar-refractivity contribution is 5.93. The Hall–Kier alpha value is -1.42. The average molecular weight is 305 g/mol. The Morgan fingerprint density at radius 1 is 1.32 bits per heavy atom. The summed E-state index contributed by atoms with van der Waals surface area (Å²) >= 11 is 0. The first-order valence-corrected chi connectivity index (χ1v) is 8.24. The molecular formula is C18H27NO3. The summed E-state index contributed by atoms with van der Waals surface area (Å²) in [5, 5.41) is 8.87. The number of carbonyl (C=O) groups is 1. The van der Waals surface area contributed by atoms with Crippen molar-refractivity contribution in [1.82, 2.24) is 4.98 Å². The number of unbranched alkanes of at least 4 members (excludes halogenated alkanes) is 2. The first-order chi connectivity index (χ1) is 10.4. The first-order valence-electron chi connectivity index (χ1n) is 8.24. The number of ether oxygens (including phenoxy) is 1. The topological polar surface area (TPSA) is 59.4 Å². The molecule has 0 amide bonds. The van der Waals surface area contributed by atoms with Crippen molar-refractivity contribution >= 4 is 5.97 Å². The summed E-state index contributed by atoms with van der Waals surface area (Å²) < 4.78 is 5.59. The van der Waals surface area contributed by atoms with Gasteiger partial charge >= 0.3 is 5.97 Å². The molecule has 0 atom stereocenters. The number of hydrogen-bond donors (Lipinski definition) is 1. The van der Waals surface area contributed by atoms with E-state index in [0.29, 0.717) is 11.5 Å². The fourth-order valence-corrected chi connectivity index (χ4v) is 2.56. The van der Waals surface area contributed by atoms with Gasteiger partial charge in [0.05, 0.1) is 11.3 Å². The van der Waals surface area contributed by atoms with Crippen molar-refractivity contribution in [3.8, 4) is 0 Å². The fourth-order valence-electron chi connectivity index (χ4n) is 2.56. The molecule has 22 heavy (non-hydrogen) atoms. The van der Waals surface area contributed by atoms with Crippen molar-refractivity contribution in [3.05, 3.63) is 29.1 Å². The second-order valence-corrected chi connectivity index (χ2v) is 7.04. The lowest BCUT2D eigenvalue weighted by molar-refractivity contribution is 0.00664. The van der Waals surface area contributed by atoms with Gasteiger partial charge in [-0.05, 0) is 64.5 Å². The summed E-state index contributed by atoms with van der Waals surface area (Å²) in [5.41, 5.74) is 2.13. The summed E-state index contributed by atoms with van der Waals surface area (Å²) in [5.74, 6) is 0.166. The minimum Gasteiger partial charge on any atom is -0.456 e. The van der Waals surface area contributed by atoms with Gasteiger partial charge in [0, 0.05) is 18.7 Å². The third-order valence-electron chi connectivity index (χ3n) is 3.74. The van der Waals surface area contributed by atoms with Crippen LogP contribution in [0, 0.1) is 0 Å². The SMILES string of the molecule is CC(C)(C)OC(=O)c1c(CCCCCO)ccnc1C1CC1. The van der Waals surface area contributed by atoms with E-state index in [4.69, 9.17) is 9.84 Å². The van der Waals surface area contributed by atoms with Gasteiger partial charge in [0.1, 0.15) is 5.60 Å². The third-order valence-corrected chi connectivity index (χ3v) is 3.74. The lowest BCUT2D eigenvalue weighted by Crippen LogP contribution is -2.25. The van der Waals surface area contributed by atoms with Crippen LogP contribution in [0.5, 0.6) is 0 Å². The first kappa shape index (κ1) is 16.9. The van der Waals surface area contributed by atoms with Crippen LogP contribution in [0.4, 0.5) is 0 Å². The Kier molecular flexibility index (Phi) is 5.57. The zero-order valence-electron chi connectivity index (χ0n) is 13.9. The predicted molar refractivity (Wildman–Crippen MR) is 86.0 cm³/mol. The zero-order valence-corrected chi connectivity index (χ0v) is 13.9. The highest BCUT2D eigenvalue weighted by Gasteiger charge is 2.32. The van der Waals surface area contributed by atoms with Crippen molar-refractivity contribution in [2.24, 2.45) is 0 Å². The molecule has 1 aliphatic rings. The lowest BCUT2D eigenvalue weighted by atomic mass is 9.98. The van der Waals surface area contributed by atoms with Crippen LogP contribution in [0.2, 0.25) is 0 Å². The van der Waals surface area contributed by atoms with Crippen LogP contribution >= 0.6 is 0 Å². The highest BCUT2D eigenvalue weighted by Crippen LogP contribution is 2.41. The third kappa shape index (κ3) is 4.80. The second kappa shape index (κ2) is 7.23. The zero-order chi connectivity index (χ0) is 16.2. The molecule has 1 heterocycles. The number of hydrogen-bond acceptors (Lipinski definition) is 4. The van der Waals surface area contributed by atoms with Crippen LogP contribution in [0.3, 0.4) is 0 Å². The molecule has 0 aliphatic heterocycles. The largest absolute Gasteiger partial charge is 0.456 e. The van der Waals surface area contributed by atoms with Gasteiger partial charge in [-0.15, -0.1) is 0 Å². The molecule has 4 nitrogen and oxygen atoms in total. The number of pyridine rings is 1. The number of carbonyl (C=O) groups excluding carboxylic acids is 1. The van der Waals surface area contributed by atoms with Gasteiger partial charge in [-0.3, -0.25) is 4.98 Å². The van der Waals surface area contributed by atoms with Gasteiger partial charge < -0.3 is 9.84 Å². The number of esters is 1. The van der Waals surface area contributed by atoms with Gasteiger partial charge in [-0.2, -0.15) is 0 Å². The Bertz CT molecular complexity index is 516. The number of aliphatic hydroxyl groups excluding tert-OH is 1. The van der Waals surface area contributed by atoms with Crippen molar-refractivity contribution in [2.75, 3.05) is 6.61 Å². The van der Waals surface area contributed by atoms with E-state index in [0.717, 1.165) is 49.8 Å². The quantitative estimate of drug-likeness (QED) is 0.617. The average Bonchev–Trinajstić information content (AvgIpc) is 3.25. The maximum atomic E-state index is 12.6. The molecule has 0 spiro atoms. The second-order valence-electron chi connectivity index (χ2n) is 7.04. The Labute approximate surface area is 132 Å². The monoisotopic (exact) mass is 305 g/mol. The Morgan fingerprint density at radius 2 is 2.05 bits per heavy atom. The van der Waals surface area contributed by atoms with Crippen molar-refractivity contribution in [2.45, 2.75) is 70.8 Å².